The van der Waals surface area contributed by atoms with Crippen LogP contribution in [0.4, 0.5) is 5.69 Å². The molecule has 7 aromatic carbocycles. The number of nitrogens with zero attached hydrogens (tertiary/aromatic N) is 1. The highest BCUT2D eigenvalue weighted by Gasteiger charge is 2.61. The van der Waals surface area contributed by atoms with Gasteiger partial charge in [-0.25, -0.2) is 0 Å². The lowest BCUT2D eigenvalue weighted by Gasteiger charge is -2.40. The summed E-state index contributed by atoms with van der Waals surface area (Å²) in [5.74, 6) is 0.0498. The molecule has 1 atom stereocenters. The molecule has 2 saturated heterocycles. The molecule has 6 aliphatic rings. The van der Waals surface area contributed by atoms with Crippen molar-refractivity contribution >= 4 is 22.5 Å². The van der Waals surface area contributed by atoms with Crippen LogP contribution in [0.3, 0.4) is 0 Å². The van der Waals surface area contributed by atoms with Crippen molar-refractivity contribution in [3.05, 3.63) is 195 Å². The Balaban J connectivity index is 1.12. The van der Waals surface area contributed by atoms with Gasteiger partial charge in [0, 0.05) is 52.0 Å². The second kappa shape index (κ2) is 11.6. The van der Waals surface area contributed by atoms with Gasteiger partial charge in [-0.3, -0.25) is 0 Å². The quantitative estimate of drug-likeness (QED) is 0.180. The molecule has 3 aliphatic carbocycles. The van der Waals surface area contributed by atoms with Crippen LogP contribution >= 0.6 is 0 Å². The first-order valence-electron chi connectivity index (χ1n) is 20.7. The predicted octanol–water partition coefficient (Wildman–Crippen LogP) is 10.5. The Hall–Kier alpha value is -5.98. The number of aryl methyl sites for hydroxylation is 2. The number of ether oxygens (including phenoxy) is 4. The molecule has 1 unspecified atom stereocenters. The highest BCUT2D eigenvalue weighted by atomic mass is 16.7. The summed E-state index contributed by atoms with van der Waals surface area (Å²) in [7, 11) is 0. The lowest BCUT2D eigenvalue weighted by Crippen LogP contribution is -2.37. The van der Waals surface area contributed by atoms with Gasteiger partial charge in [-0.1, -0.05) is 126 Å². The Morgan fingerprint density at radius 3 is 1.93 bits per heavy atom. The van der Waals surface area contributed by atoms with Crippen LogP contribution in [0.25, 0.3) is 39.1 Å². The summed E-state index contributed by atoms with van der Waals surface area (Å²) >= 11 is 0. The third-order valence-electron chi connectivity index (χ3n) is 13.9. The predicted molar refractivity (Wildman–Crippen MR) is 229 cm³/mol. The fourth-order valence-electron chi connectivity index (χ4n) is 11.5. The fourth-order valence-corrected chi connectivity index (χ4v) is 11.5. The van der Waals surface area contributed by atoms with Gasteiger partial charge in [0.1, 0.15) is 5.75 Å². The number of anilines is 1. The normalized spacial score (nSPS) is 20.7. The Bertz CT molecular complexity index is 2880. The van der Waals surface area contributed by atoms with E-state index in [1.807, 2.05) is 0 Å². The fraction of sp³-hybridized carbons (Fsp3) is 0.208. The van der Waals surface area contributed by atoms with Crippen LogP contribution in [0.15, 0.2) is 133 Å². The number of fused-ring (bicyclic) bond motifs is 14. The van der Waals surface area contributed by atoms with E-state index in [2.05, 4.69) is 158 Å². The molecule has 0 radical (unpaired) electrons. The zero-order chi connectivity index (χ0) is 38.4. The van der Waals surface area contributed by atoms with Crippen molar-refractivity contribution in [3.63, 3.8) is 0 Å². The molecule has 7 aromatic rings. The molecule has 0 N–H and O–H groups in total. The molecule has 3 aliphatic heterocycles. The van der Waals surface area contributed by atoms with Crippen LogP contribution in [0.2, 0.25) is 0 Å². The minimum atomic E-state index is -0.870. The number of morpholine rings is 1. The van der Waals surface area contributed by atoms with Crippen molar-refractivity contribution in [1.29, 1.82) is 0 Å². The van der Waals surface area contributed by atoms with Gasteiger partial charge in [0.15, 0.2) is 5.60 Å². The van der Waals surface area contributed by atoms with Crippen LogP contribution < -0.4 is 9.64 Å². The van der Waals surface area contributed by atoms with Gasteiger partial charge in [-0.05, 0) is 88.0 Å². The first-order chi connectivity index (χ1) is 28.5. The Labute approximate surface area is 338 Å². The van der Waals surface area contributed by atoms with Crippen LogP contribution in [0.5, 0.6) is 5.75 Å². The number of hydrogen-bond acceptors (Lipinski definition) is 5. The molecule has 13 rings (SSSR count). The van der Waals surface area contributed by atoms with Gasteiger partial charge in [0.25, 0.3) is 0 Å². The molecular formula is C53H41NO4. The SMILES string of the molecule is Cc1ccc2c(c1)C1(c3cccc4c3-c3c(cccc31)C41OCCO1)c1c3c(c4cc(C)ccc4c1-2)OC(c1ccccc1)(c1ccc(N2CCOCC2)cc1)C=C3. The summed E-state index contributed by atoms with van der Waals surface area (Å²) in [4.78, 5) is 2.41. The van der Waals surface area contributed by atoms with Crippen molar-refractivity contribution in [2.45, 2.75) is 30.7 Å². The maximum absolute atomic E-state index is 7.82. The zero-order valence-electron chi connectivity index (χ0n) is 32.6. The van der Waals surface area contributed by atoms with Crippen molar-refractivity contribution in [2.75, 3.05) is 44.4 Å². The van der Waals surface area contributed by atoms with Gasteiger partial charge >= 0.3 is 0 Å². The Morgan fingerprint density at radius 2 is 1.21 bits per heavy atom. The first kappa shape index (κ1) is 33.0. The average Bonchev–Trinajstić information content (AvgIpc) is 4.03. The summed E-state index contributed by atoms with van der Waals surface area (Å²) in [5.41, 5.74) is 18.0. The van der Waals surface area contributed by atoms with Gasteiger partial charge in [0.2, 0.25) is 5.79 Å². The topological polar surface area (TPSA) is 40.2 Å². The second-order valence-corrected chi connectivity index (χ2v) is 16.8. The Morgan fingerprint density at radius 1 is 0.552 bits per heavy atom. The van der Waals surface area contributed by atoms with E-state index in [0.717, 1.165) is 65.3 Å². The molecular weight excluding hydrogens is 715 g/mol. The molecule has 0 aromatic heterocycles. The van der Waals surface area contributed by atoms with Crippen LogP contribution in [0.1, 0.15) is 61.2 Å². The maximum atomic E-state index is 7.82. The van der Waals surface area contributed by atoms with Crippen LogP contribution in [-0.2, 0) is 31.0 Å². The van der Waals surface area contributed by atoms with E-state index in [4.69, 9.17) is 18.9 Å². The van der Waals surface area contributed by atoms with Crippen LogP contribution in [-0.4, -0.2) is 39.5 Å². The van der Waals surface area contributed by atoms with Gasteiger partial charge in [-0.2, -0.15) is 0 Å². The minimum absolute atomic E-state index is 0.573. The summed E-state index contributed by atoms with van der Waals surface area (Å²) in [6.45, 7) is 8.84. The number of rotatable bonds is 3. The van der Waals surface area contributed by atoms with E-state index in [9.17, 15) is 0 Å². The summed E-state index contributed by atoms with van der Waals surface area (Å²) < 4.78 is 26.7. The standard InChI is InChI=1S/C53H41NO4/c1-32-14-20-37-40(30-32)50-39(22-23-51(58-50,34-8-4-3-5-9-34)35-16-18-36(19-17-35)54-24-26-55-27-25-54)49-46(37)38-21-15-33(2)31-45(38)52(49)41-10-6-12-43-47(41)48-42(52)11-7-13-44(48)53(43)56-28-29-57-53/h3-23,30-31H,24-29H2,1-2H3. The van der Waals surface area contributed by atoms with Crippen molar-refractivity contribution < 1.29 is 18.9 Å². The van der Waals surface area contributed by atoms with E-state index in [1.165, 1.54) is 66.7 Å². The van der Waals surface area contributed by atoms with Crippen molar-refractivity contribution in [1.82, 2.24) is 0 Å². The lowest BCUT2D eigenvalue weighted by molar-refractivity contribution is -0.126. The molecule has 5 nitrogen and oxygen atoms in total. The molecule has 3 heterocycles. The molecule has 0 saturated carbocycles. The average molecular weight is 756 g/mol. The van der Waals surface area contributed by atoms with E-state index in [-0.39, 0.29) is 0 Å². The number of benzene rings is 7. The van der Waals surface area contributed by atoms with Gasteiger partial charge in [0.05, 0.1) is 31.8 Å². The molecule has 0 amide bonds. The summed E-state index contributed by atoms with van der Waals surface area (Å²) in [6.07, 6.45) is 4.72. The van der Waals surface area contributed by atoms with Crippen LogP contribution in [0, 0.1) is 13.8 Å². The third-order valence-corrected chi connectivity index (χ3v) is 13.9. The molecule has 2 spiro atoms. The van der Waals surface area contributed by atoms with E-state index >= 15 is 0 Å². The maximum Gasteiger partial charge on any atom is 0.223 e. The van der Waals surface area contributed by atoms with Crippen molar-refractivity contribution in [2.24, 2.45) is 0 Å². The third kappa shape index (κ3) is 3.97. The highest BCUT2D eigenvalue weighted by Crippen LogP contribution is 2.71. The van der Waals surface area contributed by atoms with Crippen molar-refractivity contribution in [3.8, 4) is 28.0 Å². The Kier molecular flexibility index (Phi) is 6.59. The van der Waals surface area contributed by atoms with E-state index in [1.54, 1.807) is 0 Å². The number of hydrogen-bond donors (Lipinski definition) is 0. The summed E-state index contributed by atoms with van der Waals surface area (Å²) in [6, 6.07) is 47.4. The molecule has 5 heteroatoms. The molecule has 282 valence electrons. The highest BCUT2D eigenvalue weighted by molar-refractivity contribution is 6.12. The van der Waals surface area contributed by atoms with E-state index < -0.39 is 16.8 Å². The molecule has 58 heavy (non-hydrogen) atoms. The van der Waals surface area contributed by atoms with Gasteiger partial charge < -0.3 is 23.8 Å². The molecule has 2 fully saturated rings. The van der Waals surface area contributed by atoms with E-state index in [0.29, 0.717) is 13.2 Å². The summed E-state index contributed by atoms with van der Waals surface area (Å²) in [5, 5.41) is 2.34. The first-order valence-corrected chi connectivity index (χ1v) is 20.7. The zero-order valence-corrected chi connectivity index (χ0v) is 32.6. The monoisotopic (exact) mass is 755 g/mol. The van der Waals surface area contributed by atoms with Gasteiger partial charge in [-0.15, -0.1) is 0 Å². The largest absolute Gasteiger partial charge is 0.472 e. The lowest BCUT2D eigenvalue weighted by atomic mass is 9.67. The minimum Gasteiger partial charge on any atom is -0.472 e. The smallest absolute Gasteiger partial charge is 0.223 e. The second-order valence-electron chi connectivity index (χ2n) is 16.8. The molecule has 0 bridgehead atoms.